The van der Waals surface area contributed by atoms with Gasteiger partial charge >= 0.3 is 5.97 Å². The number of ether oxygens (including phenoxy) is 2. The SMILES string of the molecule is COCc1cccc(C(=O)O[C@H](C)C(=O)Nc2ccc(F)c(F)c2F)c1. The van der Waals surface area contributed by atoms with E-state index >= 15 is 0 Å². The summed E-state index contributed by atoms with van der Waals surface area (Å²) in [5, 5.41) is 2.05. The summed E-state index contributed by atoms with van der Waals surface area (Å²) in [5.74, 6) is -6.28. The second-order valence-corrected chi connectivity index (χ2v) is 5.39. The highest BCUT2D eigenvalue weighted by molar-refractivity contribution is 5.97. The lowest BCUT2D eigenvalue weighted by molar-refractivity contribution is -0.123. The van der Waals surface area contributed by atoms with Gasteiger partial charge in [-0.1, -0.05) is 12.1 Å². The molecule has 1 atom stereocenters. The highest BCUT2D eigenvalue weighted by Gasteiger charge is 2.22. The van der Waals surface area contributed by atoms with Crippen LogP contribution in [-0.2, 0) is 20.9 Å². The van der Waals surface area contributed by atoms with Gasteiger partial charge in [0.05, 0.1) is 17.9 Å². The third kappa shape index (κ3) is 4.60. The minimum absolute atomic E-state index is 0.207. The highest BCUT2D eigenvalue weighted by atomic mass is 19.2. The molecule has 138 valence electrons. The minimum Gasteiger partial charge on any atom is -0.449 e. The average molecular weight is 367 g/mol. The average Bonchev–Trinajstić information content (AvgIpc) is 2.62. The van der Waals surface area contributed by atoms with Gasteiger partial charge < -0.3 is 14.8 Å². The van der Waals surface area contributed by atoms with Crippen molar-refractivity contribution in [1.29, 1.82) is 0 Å². The maximum Gasteiger partial charge on any atom is 0.338 e. The lowest BCUT2D eigenvalue weighted by Crippen LogP contribution is -2.30. The standard InChI is InChI=1S/C18H16F3NO4/c1-10(17(23)22-14-7-6-13(19)15(20)16(14)21)26-18(24)12-5-3-4-11(8-12)9-25-2/h3-8,10H,9H2,1-2H3,(H,22,23)/t10-/m1/s1. The highest BCUT2D eigenvalue weighted by Crippen LogP contribution is 2.20. The third-order valence-electron chi connectivity index (χ3n) is 3.42. The molecule has 26 heavy (non-hydrogen) atoms. The van der Waals surface area contributed by atoms with E-state index in [1.807, 2.05) is 5.32 Å². The molecule has 0 aromatic heterocycles. The van der Waals surface area contributed by atoms with Crippen molar-refractivity contribution >= 4 is 17.6 Å². The van der Waals surface area contributed by atoms with Crippen LogP contribution in [0.15, 0.2) is 36.4 Å². The molecule has 0 aliphatic rings. The van der Waals surface area contributed by atoms with Crippen molar-refractivity contribution in [2.75, 3.05) is 12.4 Å². The first-order chi connectivity index (χ1) is 12.3. The molecular weight excluding hydrogens is 351 g/mol. The van der Waals surface area contributed by atoms with Gasteiger partial charge in [-0.3, -0.25) is 4.79 Å². The van der Waals surface area contributed by atoms with Crippen molar-refractivity contribution < 1.29 is 32.2 Å². The maximum absolute atomic E-state index is 13.6. The predicted molar refractivity (Wildman–Crippen MR) is 87.0 cm³/mol. The van der Waals surface area contributed by atoms with Gasteiger partial charge in [0, 0.05) is 7.11 Å². The van der Waals surface area contributed by atoms with E-state index in [-0.39, 0.29) is 5.56 Å². The van der Waals surface area contributed by atoms with Crippen LogP contribution < -0.4 is 5.32 Å². The molecule has 0 fully saturated rings. The molecule has 0 radical (unpaired) electrons. The summed E-state index contributed by atoms with van der Waals surface area (Å²) >= 11 is 0. The lowest BCUT2D eigenvalue weighted by Gasteiger charge is -2.14. The van der Waals surface area contributed by atoms with Crippen LogP contribution in [0.4, 0.5) is 18.9 Å². The molecule has 2 aromatic rings. The molecule has 2 rings (SSSR count). The number of benzene rings is 2. The Labute approximate surface area is 147 Å². The third-order valence-corrected chi connectivity index (χ3v) is 3.42. The quantitative estimate of drug-likeness (QED) is 0.628. The van der Waals surface area contributed by atoms with E-state index in [9.17, 15) is 22.8 Å². The van der Waals surface area contributed by atoms with E-state index in [1.165, 1.54) is 20.1 Å². The smallest absolute Gasteiger partial charge is 0.338 e. The summed E-state index contributed by atoms with van der Waals surface area (Å²) in [5.41, 5.74) is 0.389. The van der Waals surface area contributed by atoms with Gasteiger partial charge in [-0.15, -0.1) is 0 Å². The summed E-state index contributed by atoms with van der Waals surface area (Å²) in [7, 11) is 1.51. The molecule has 1 N–H and O–H groups in total. The van der Waals surface area contributed by atoms with E-state index < -0.39 is 41.1 Å². The maximum atomic E-state index is 13.6. The number of halogens is 3. The molecule has 5 nitrogen and oxygen atoms in total. The number of anilines is 1. The molecule has 0 spiro atoms. The van der Waals surface area contributed by atoms with Crippen LogP contribution in [0.25, 0.3) is 0 Å². The van der Waals surface area contributed by atoms with Gasteiger partial charge in [0.25, 0.3) is 5.91 Å². The molecule has 2 aromatic carbocycles. The van der Waals surface area contributed by atoms with Gasteiger partial charge in [-0.05, 0) is 36.8 Å². The molecule has 0 aliphatic heterocycles. The van der Waals surface area contributed by atoms with Crippen LogP contribution in [0.5, 0.6) is 0 Å². The predicted octanol–water partition coefficient (Wildman–Crippen LogP) is 3.43. The molecule has 0 saturated carbocycles. The van der Waals surface area contributed by atoms with Crippen LogP contribution in [0.3, 0.4) is 0 Å². The van der Waals surface area contributed by atoms with Gasteiger partial charge in [-0.2, -0.15) is 0 Å². The second kappa shape index (κ2) is 8.48. The number of methoxy groups -OCH3 is 1. The summed E-state index contributed by atoms with van der Waals surface area (Å²) in [6.07, 6.45) is -1.29. The van der Waals surface area contributed by atoms with Crippen molar-refractivity contribution in [2.24, 2.45) is 0 Å². The number of hydrogen-bond donors (Lipinski definition) is 1. The van der Waals surface area contributed by atoms with Crippen molar-refractivity contribution in [3.8, 4) is 0 Å². The van der Waals surface area contributed by atoms with Crippen molar-refractivity contribution in [2.45, 2.75) is 19.6 Å². The monoisotopic (exact) mass is 367 g/mol. The Morgan fingerprint density at radius 2 is 1.85 bits per heavy atom. The fourth-order valence-corrected chi connectivity index (χ4v) is 2.09. The minimum atomic E-state index is -1.71. The summed E-state index contributed by atoms with van der Waals surface area (Å²) < 4.78 is 49.6. The molecule has 1 amide bonds. The van der Waals surface area contributed by atoms with Crippen molar-refractivity contribution in [3.05, 3.63) is 65.0 Å². The van der Waals surface area contributed by atoms with E-state index in [2.05, 4.69) is 0 Å². The van der Waals surface area contributed by atoms with Crippen LogP contribution in [-0.4, -0.2) is 25.1 Å². The number of rotatable bonds is 6. The number of carbonyl (C=O) groups excluding carboxylic acids is 2. The molecule has 0 bridgehead atoms. The van der Waals surface area contributed by atoms with Crippen LogP contribution in [0, 0.1) is 17.5 Å². The normalized spacial score (nSPS) is 11.7. The van der Waals surface area contributed by atoms with Gasteiger partial charge in [0.15, 0.2) is 23.6 Å². The Balaban J connectivity index is 2.04. The molecule has 0 unspecified atom stereocenters. The van der Waals surface area contributed by atoms with Crippen molar-refractivity contribution in [1.82, 2.24) is 0 Å². The molecule has 0 aliphatic carbocycles. The fourth-order valence-electron chi connectivity index (χ4n) is 2.09. The number of amides is 1. The van der Waals surface area contributed by atoms with Gasteiger partial charge in [-0.25, -0.2) is 18.0 Å². The second-order valence-electron chi connectivity index (χ2n) is 5.39. The number of nitrogens with one attached hydrogen (secondary N) is 1. The molecule has 0 saturated heterocycles. The summed E-state index contributed by atoms with van der Waals surface area (Å²) in [6, 6.07) is 7.97. The molecule has 8 heteroatoms. The Hall–Kier alpha value is -2.87. The first kappa shape index (κ1) is 19.5. The lowest BCUT2D eigenvalue weighted by atomic mass is 10.1. The van der Waals surface area contributed by atoms with Crippen LogP contribution in [0.2, 0.25) is 0 Å². The summed E-state index contributed by atoms with van der Waals surface area (Å²) in [4.78, 5) is 24.1. The number of esters is 1. The zero-order valence-electron chi connectivity index (χ0n) is 14.0. The Morgan fingerprint density at radius 1 is 1.12 bits per heavy atom. The topological polar surface area (TPSA) is 64.6 Å². The largest absolute Gasteiger partial charge is 0.449 e. The summed E-state index contributed by atoms with van der Waals surface area (Å²) in [6.45, 7) is 1.57. The number of hydrogen-bond acceptors (Lipinski definition) is 4. The fraction of sp³-hybridized carbons (Fsp3) is 0.222. The van der Waals surface area contributed by atoms with Crippen LogP contribution >= 0.6 is 0 Å². The van der Waals surface area contributed by atoms with E-state index in [4.69, 9.17) is 9.47 Å². The zero-order valence-corrected chi connectivity index (χ0v) is 14.0. The van der Waals surface area contributed by atoms with E-state index in [1.54, 1.807) is 18.2 Å². The molecule has 0 heterocycles. The first-order valence-corrected chi connectivity index (χ1v) is 7.56. The Bertz CT molecular complexity index is 826. The van der Waals surface area contributed by atoms with Crippen molar-refractivity contribution in [3.63, 3.8) is 0 Å². The number of carbonyl (C=O) groups is 2. The first-order valence-electron chi connectivity index (χ1n) is 7.56. The van der Waals surface area contributed by atoms with Gasteiger partial charge in [0.1, 0.15) is 0 Å². The van der Waals surface area contributed by atoms with Crippen LogP contribution in [0.1, 0.15) is 22.8 Å². The van der Waals surface area contributed by atoms with E-state index in [0.29, 0.717) is 12.7 Å². The van der Waals surface area contributed by atoms with Gasteiger partial charge in [0.2, 0.25) is 0 Å². The van der Waals surface area contributed by atoms with E-state index in [0.717, 1.165) is 11.6 Å². The Kier molecular flexibility index (Phi) is 6.35. The Morgan fingerprint density at radius 3 is 2.54 bits per heavy atom. The molecular formula is C18H16F3NO4. The zero-order chi connectivity index (χ0) is 19.3.